The van der Waals surface area contributed by atoms with E-state index in [1.807, 2.05) is 12.1 Å². The van der Waals surface area contributed by atoms with Crippen LogP contribution < -0.4 is 10.2 Å². The van der Waals surface area contributed by atoms with E-state index in [1.165, 1.54) is 16.8 Å². The Balaban J connectivity index is 1.35. The quantitative estimate of drug-likeness (QED) is 0.799. The summed E-state index contributed by atoms with van der Waals surface area (Å²) < 4.78 is 5.82. The standard InChI is InChI=1S/C25H33N3O2/c1-18-7-4-5-8-23(18)24-9-6-14-27(24)17-25(29)26-21-10-12-22(13-11-21)28-15-19(2)30-20(3)16-28/h4-5,7-8,10-13,19-20,24H,6,9,14-17H2,1-3H3,(H,26,29). The molecule has 5 heteroatoms. The number of likely N-dealkylation sites (tertiary alicyclic amines) is 1. The predicted molar refractivity (Wildman–Crippen MR) is 122 cm³/mol. The van der Waals surface area contributed by atoms with Gasteiger partial charge in [-0.1, -0.05) is 24.3 Å². The fourth-order valence-corrected chi connectivity index (χ4v) is 4.86. The van der Waals surface area contributed by atoms with Crippen molar-refractivity contribution in [1.29, 1.82) is 0 Å². The zero-order valence-corrected chi connectivity index (χ0v) is 18.3. The van der Waals surface area contributed by atoms with E-state index in [0.717, 1.165) is 38.2 Å². The number of ether oxygens (including phenoxy) is 1. The van der Waals surface area contributed by atoms with Gasteiger partial charge in [0, 0.05) is 30.5 Å². The van der Waals surface area contributed by atoms with Crippen LogP contribution in [0.4, 0.5) is 11.4 Å². The summed E-state index contributed by atoms with van der Waals surface area (Å²) in [5.41, 5.74) is 4.68. The second-order valence-electron chi connectivity index (χ2n) is 8.74. The number of morpholine rings is 1. The number of nitrogens with zero attached hydrogens (tertiary/aromatic N) is 2. The first kappa shape index (κ1) is 20.9. The third-order valence-electron chi connectivity index (χ3n) is 6.19. The SMILES string of the molecule is Cc1ccccc1C1CCCN1CC(=O)Nc1ccc(N2CC(C)OC(C)C2)cc1. The van der Waals surface area contributed by atoms with Gasteiger partial charge < -0.3 is 15.0 Å². The maximum Gasteiger partial charge on any atom is 0.238 e. The van der Waals surface area contributed by atoms with Crippen LogP contribution >= 0.6 is 0 Å². The van der Waals surface area contributed by atoms with E-state index in [4.69, 9.17) is 4.74 Å². The zero-order valence-electron chi connectivity index (χ0n) is 18.3. The Morgan fingerprint density at radius 2 is 1.77 bits per heavy atom. The van der Waals surface area contributed by atoms with Crippen LogP contribution in [0.25, 0.3) is 0 Å². The lowest BCUT2D eigenvalue weighted by molar-refractivity contribution is -0.117. The van der Waals surface area contributed by atoms with E-state index in [9.17, 15) is 4.79 Å². The highest BCUT2D eigenvalue weighted by atomic mass is 16.5. The molecule has 0 aromatic heterocycles. The van der Waals surface area contributed by atoms with E-state index in [-0.39, 0.29) is 18.1 Å². The van der Waals surface area contributed by atoms with Crippen LogP contribution in [0.1, 0.15) is 43.9 Å². The number of hydrogen-bond acceptors (Lipinski definition) is 4. The Hall–Kier alpha value is -2.37. The van der Waals surface area contributed by atoms with Crippen LogP contribution in [0, 0.1) is 6.92 Å². The fourth-order valence-electron chi connectivity index (χ4n) is 4.86. The summed E-state index contributed by atoms with van der Waals surface area (Å²) in [5.74, 6) is 0.0526. The van der Waals surface area contributed by atoms with E-state index in [0.29, 0.717) is 12.6 Å². The third kappa shape index (κ3) is 4.85. The lowest BCUT2D eigenvalue weighted by Crippen LogP contribution is -2.45. The number of benzene rings is 2. The molecule has 2 heterocycles. The molecule has 2 saturated heterocycles. The van der Waals surface area contributed by atoms with Gasteiger partial charge in [0.05, 0.1) is 18.8 Å². The van der Waals surface area contributed by atoms with Gasteiger partial charge in [0.15, 0.2) is 0 Å². The van der Waals surface area contributed by atoms with E-state index >= 15 is 0 Å². The summed E-state index contributed by atoms with van der Waals surface area (Å²) in [6.45, 7) is 9.57. The summed E-state index contributed by atoms with van der Waals surface area (Å²) in [7, 11) is 0. The van der Waals surface area contributed by atoms with Crippen molar-refractivity contribution in [2.75, 3.05) is 36.4 Å². The molecule has 5 nitrogen and oxygen atoms in total. The molecule has 0 spiro atoms. The minimum absolute atomic E-state index is 0.0526. The van der Waals surface area contributed by atoms with Crippen LogP contribution in [0.15, 0.2) is 48.5 Å². The minimum atomic E-state index is 0.0526. The number of aryl methyl sites for hydroxylation is 1. The number of carbonyl (C=O) groups excluding carboxylic acids is 1. The van der Waals surface area contributed by atoms with Gasteiger partial charge in [-0.25, -0.2) is 0 Å². The first-order valence-electron chi connectivity index (χ1n) is 11.1. The van der Waals surface area contributed by atoms with E-state index < -0.39 is 0 Å². The topological polar surface area (TPSA) is 44.8 Å². The van der Waals surface area contributed by atoms with Crippen LogP contribution in [-0.2, 0) is 9.53 Å². The van der Waals surface area contributed by atoms with Crippen molar-refractivity contribution in [3.05, 3.63) is 59.7 Å². The predicted octanol–water partition coefficient (Wildman–Crippen LogP) is 4.38. The molecule has 1 amide bonds. The number of anilines is 2. The van der Waals surface area contributed by atoms with Crippen molar-refractivity contribution in [1.82, 2.24) is 4.90 Å². The Morgan fingerprint density at radius 1 is 1.07 bits per heavy atom. The van der Waals surface area contributed by atoms with Gasteiger partial charge in [-0.05, 0) is 75.5 Å². The third-order valence-corrected chi connectivity index (χ3v) is 6.19. The Bertz CT molecular complexity index is 857. The van der Waals surface area contributed by atoms with Gasteiger partial charge in [0.2, 0.25) is 5.91 Å². The van der Waals surface area contributed by atoms with Crippen LogP contribution in [0.3, 0.4) is 0 Å². The van der Waals surface area contributed by atoms with Crippen molar-refractivity contribution in [2.24, 2.45) is 0 Å². The molecular formula is C25H33N3O2. The molecule has 2 aliphatic heterocycles. The number of carbonyl (C=O) groups is 1. The number of amides is 1. The molecule has 160 valence electrons. The molecule has 0 radical (unpaired) electrons. The van der Waals surface area contributed by atoms with Crippen molar-refractivity contribution in [3.8, 4) is 0 Å². The summed E-state index contributed by atoms with van der Waals surface area (Å²) in [4.78, 5) is 17.4. The zero-order chi connectivity index (χ0) is 21.1. The lowest BCUT2D eigenvalue weighted by atomic mass is 9.99. The van der Waals surface area contributed by atoms with Crippen LogP contribution in [-0.4, -0.2) is 49.2 Å². The summed E-state index contributed by atoms with van der Waals surface area (Å²) >= 11 is 0. The van der Waals surface area contributed by atoms with Gasteiger partial charge in [-0.2, -0.15) is 0 Å². The molecule has 2 aromatic carbocycles. The maximum absolute atomic E-state index is 12.7. The van der Waals surface area contributed by atoms with Gasteiger partial charge in [0.1, 0.15) is 0 Å². The van der Waals surface area contributed by atoms with Crippen molar-refractivity contribution in [3.63, 3.8) is 0 Å². The monoisotopic (exact) mass is 407 g/mol. The highest BCUT2D eigenvalue weighted by Gasteiger charge is 2.28. The molecule has 3 unspecified atom stereocenters. The largest absolute Gasteiger partial charge is 0.372 e. The molecule has 30 heavy (non-hydrogen) atoms. The first-order chi connectivity index (χ1) is 14.5. The maximum atomic E-state index is 12.7. The first-order valence-corrected chi connectivity index (χ1v) is 11.1. The Morgan fingerprint density at radius 3 is 2.47 bits per heavy atom. The average Bonchev–Trinajstić information content (AvgIpc) is 3.16. The number of rotatable bonds is 5. The summed E-state index contributed by atoms with van der Waals surface area (Å²) in [6.07, 6.45) is 2.71. The van der Waals surface area contributed by atoms with Gasteiger partial charge >= 0.3 is 0 Å². The highest BCUT2D eigenvalue weighted by molar-refractivity contribution is 5.92. The molecule has 2 aliphatic rings. The second kappa shape index (κ2) is 9.19. The van der Waals surface area contributed by atoms with Crippen LogP contribution in [0.5, 0.6) is 0 Å². The summed E-state index contributed by atoms with van der Waals surface area (Å²) in [6, 6.07) is 17.0. The Kier molecular flexibility index (Phi) is 6.40. The van der Waals surface area contributed by atoms with Gasteiger partial charge in [-0.3, -0.25) is 9.69 Å². The molecule has 1 N–H and O–H groups in total. The van der Waals surface area contributed by atoms with Crippen LogP contribution in [0.2, 0.25) is 0 Å². The molecule has 0 bridgehead atoms. The minimum Gasteiger partial charge on any atom is -0.372 e. The Labute approximate surface area is 180 Å². The molecule has 3 atom stereocenters. The molecule has 0 aliphatic carbocycles. The highest BCUT2D eigenvalue weighted by Crippen LogP contribution is 2.33. The van der Waals surface area contributed by atoms with Gasteiger partial charge in [-0.15, -0.1) is 0 Å². The molecule has 4 rings (SSSR count). The smallest absolute Gasteiger partial charge is 0.238 e. The van der Waals surface area contributed by atoms with E-state index in [1.54, 1.807) is 0 Å². The summed E-state index contributed by atoms with van der Waals surface area (Å²) in [5, 5.41) is 3.08. The molecule has 0 saturated carbocycles. The van der Waals surface area contributed by atoms with Gasteiger partial charge in [0.25, 0.3) is 0 Å². The number of nitrogens with one attached hydrogen (secondary N) is 1. The lowest BCUT2D eigenvalue weighted by Gasteiger charge is -2.36. The normalized spacial score (nSPS) is 24.8. The average molecular weight is 408 g/mol. The van der Waals surface area contributed by atoms with Crippen molar-refractivity contribution < 1.29 is 9.53 Å². The number of hydrogen-bond donors (Lipinski definition) is 1. The van der Waals surface area contributed by atoms with E-state index in [2.05, 4.69) is 72.3 Å². The fraction of sp³-hybridized carbons (Fsp3) is 0.480. The van der Waals surface area contributed by atoms with Crippen molar-refractivity contribution >= 4 is 17.3 Å². The molecule has 2 aromatic rings. The molecule has 2 fully saturated rings. The van der Waals surface area contributed by atoms with Crippen molar-refractivity contribution in [2.45, 2.75) is 51.9 Å². The second-order valence-corrected chi connectivity index (χ2v) is 8.74. The molecular weight excluding hydrogens is 374 g/mol.